The van der Waals surface area contributed by atoms with Gasteiger partial charge in [0.2, 0.25) is 0 Å². The Morgan fingerprint density at radius 3 is 2.89 bits per heavy atom. The lowest BCUT2D eigenvalue weighted by atomic mass is 10.1. The molecule has 2 rings (SSSR count). The quantitative estimate of drug-likeness (QED) is 0.895. The number of nitrogens with zero attached hydrogens (tertiary/aromatic N) is 1. The Kier molecular flexibility index (Phi) is 4.22. The zero-order valence-corrected chi connectivity index (χ0v) is 10.7. The van der Waals surface area contributed by atoms with E-state index in [2.05, 4.69) is 10.1 Å². The van der Waals surface area contributed by atoms with Gasteiger partial charge in [-0.3, -0.25) is 0 Å². The van der Waals surface area contributed by atoms with Gasteiger partial charge in [0.05, 0.1) is 13.7 Å². The summed E-state index contributed by atoms with van der Waals surface area (Å²) in [6, 6.07) is 9.58. The standard InChI is InChI=1S/C13H16N2O4/c1-18-12(16)14-7-8-15-9-11(19-13(15)17)10-5-3-2-4-6-10/h2-6,11H,7-9H2,1H3,(H,14,16). The molecule has 2 amide bonds. The number of hydrogen-bond donors (Lipinski definition) is 1. The van der Waals surface area contributed by atoms with Crippen LogP contribution in [0.2, 0.25) is 0 Å². The van der Waals surface area contributed by atoms with E-state index in [4.69, 9.17) is 4.74 Å². The maximum Gasteiger partial charge on any atom is 0.410 e. The minimum atomic E-state index is -0.507. The van der Waals surface area contributed by atoms with E-state index in [-0.39, 0.29) is 12.2 Å². The number of benzene rings is 1. The molecule has 6 heteroatoms. The van der Waals surface area contributed by atoms with E-state index in [9.17, 15) is 9.59 Å². The van der Waals surface area contributed by atoms with E-state index in [0.717, 1.165) is 5.56 Å². The highest BCUT2D eigenvalue weighted by atomic mass is 16.6. The van der Waals surface area contributed by atoms with E-state index in [1.165, 1.54) is 7.11 Å². The Labute approximate surface area is 111 Å². The molecular weight excluding hydrogens is 248 g/mol. The monoisotopic (exact) mass is 264 g/mol. The third-order valence-corrected chi connectivity index (χ3v) is 2.90. The van der Waals surface area contributed by atoms with E-state index in [1.54, 1.807) is 4.90 Å². The van der Waals surface area contributed by atoms with Gasteiger partial charge in [-0.25, -0.2) is 9.59 Å². The van der Waals surface area contributed by atoms with E-state index < -0.39 is 6.09 Å². The van der Waals surface area contributed by atoms with Gasteiger partial charge in [0.15, 0.2) is 0 Å². The number of carbonyl (C=O) groups excluding carboxylic acids is 2. The van der Waals surface area contributed by atoms with Crippen molar-refractivity contribution in [3.8, 4) is 0 Å². The predicted octanol–water partition coefficient (Wildman–Crippen LogP) is 1.54. The largest absolute Gasteiger partial charge is 0.453 e. The smallest absolute Gasteiger partial charge is 0.410 e. The van der Waals surface area contributed by atoms with Crippen LogP contribution in [0.1, 0.15) is 11.7 Å². The summed E-state index contributed by atoms with van der Waals surface area (Å²) in [6.07, 6.45) is -1.11. The fourth-order valence-corrected chi connectivity index (χ4v) is 1.90. The second-order valence-corrected chi connectivity index (χ2v) is 4.15. The molecule has 1 fully saturated rings. The lowest BCUT2D eigenvalue weighted by Gasteiger charge is -2.12. The molecule has 1 unspecified atom stereocenters. The summed E-state index contributed by atoms with van der Waals surface area (Å²) < 4.78 is 9.73. The molecule has 6 nitrogen and oxygen atoms in total. The number of carbonyl (C=O) groups is 2. The topological polar surface area (TPSA) is 67.9 Å². The average Bonchev–Trinajstić information content (AvgIpc) is 2.81. The molecule has 102 valence electrons. The lowest BCUT2D eigenvalue weighted by Crippen LogP contribution is -2.35. The van der Waals surface area contributed by atoms with Crippen molar-refractivity contribution in [3.63, 3.8) is 0 Å². The highest BCUT2D eigenvalue weighted by Gasteiger charge is 2.31. The van der Waals surface area contributed by atoms with Gasteiger partial charge >= 0.3 is 12.2 Å². The second-order valence-electron chi connectivity index (χ2n) is 4.15. The first-order chi connectivity index (χ1) is 9.20. The van der Waals surface area contributed by atoms with E-state index in [1.807, 2.05) is 30.3 Å². The minimum absolute atomic E-state index is 0.244. The predicted molar refractivity (Wildman–Crippen MR) is 67.6 cm³/mol. The summed E-state index contributed by atoms with van der Waals surface area (Å²) in [4.78, 5) is 24.1. The third kappa shape index (κ3) is 3.37. The van der Waals surface area contributed by atoms with Crippen LogP contribution >= 0.6 is 0 Å². The first kappa shape index (κ1) is 13.2. The Bertz CT molecular complexity index is 449. The SMILES string of the molecule is COC(=O)NCCN1CC(c2ccccc2)OC1=O. The molecule has 1 aromatic rings. The number of amides is 2. The van der Waals surface area contributed by atoms with Gasteiger partial charge in [0, 0.05) is 13.1 Å². The number of ether oxygens (including phenoxy) is 2. The summed E-state index contributed by atoms with van der Waals surface area (Å²) in [5.74, 6) is 0. The van der Waals surface area contributed by atoms with Crippen molar-refractivity contribution in [2.24, 2.45) is 0 Å². The fourth-order valence-electron chi connectivity index (χ4n) is 1.90. The Morgan fingerprint density at radius 2 is 2.21 bits per heavy atom. The van der Waals surface area contributed by atoms with Crippen LogP contribution in [0.15, 0.2) is 30.3 Å². The van der Waals surface area contributed by atoms with Crippen LogP contribution < -0.4 is 5.32 Å². The zero-order valence-electron chi connectivity index (χ0n) is 10.7. The van der Waals surface area contributed by atoms with Gasteiger partial charge in [-0.2, -0.15) is 0 Å². The maximum absolute atomic E-state index is 11.7. The zero-order chi connectivity index (χ0) is 13.7. The summed E-state index contributed by atoms with van der Waals surface area (Å²) in [7, 11) is 1.30. The minimum Gasteiger partial charge on any atom is -0.453 e. The lowest BCUT2D eigenvalue weighted by molar-refractivity contribution is 0.132. The van der Waals surface area contributed by atoms with Crippen LogP contribution in [-0.2, 0) is 9.47 Å². The summed E-state index contributed by atoms with van der Waals surface area (Å²) in [5, 5.41) is 2.52. The van der Waals surface area contributed by atoms with Crippen LogP contribution in [0.4, 0.5) is 9.59 Å². The summed E-state index contributed by atoms with van der Waals surface area (Å²) >= 11 is 0. The highest BCUT2D eigenvalue weighted by molar-refractivity contribution is 5.70. The molecule has 1 atom stereocenters. The van der Waals surface area contributed by atoms with Crippen molar-refractivity contribution < 1.29 is 19.1 Å². The Balaban J connectivity index is 1.84. The van der Waals surface area contributed by atoms with Crippen LogP contribution in [0.3, 0.4) is 0 Å². The van der Waals surface area contributed by atoms with Crippen molar-refractivity contribution in [1.29, 1.82) is 0 Å². The molecule has 1 N–H and O–H groups in total. The molecule has 0 aliphatic carbocycles. The van der Waals surface area contributed by atoms with Gasteiger partial charge < -0.3 is 19.7 Å². The number of hydrogen-bond acceptors (Lipinski definition) is 4. The molecule has 1 aliphatic heterocycles. The Hall–Kier alpha value is -2.24. The molecule has 0 radical (unpaired) electrons. The van der Waals surface area contributed by atoms with Gasteiger partial charge in [0.1, 0.15) is 6.10 Å². The molecule has 1 saturated heterocycles. The second kappa shape index (κ2) is 6.08. The third-order valence-electron chi connectivity index (χ3n) is 2.90. The first-order valence-corrected chi connectivity index (χ1v) is 6.03. The molecule has 1 aromatic carbocycles. The number of nitrogens with one attached hydrogen (secondary N) is 1. The first-order valence-electron chi connectivity index (χ1n) is 6.03. The Morgan fingerprint density at radius 1 is 1.47 bits per heavy atom. The van der Waals surface area contributed by atoms with Crippen LogP contribution in [-0.4, -0.2) is 43.8 Å². The number of cyclic esters (lactones) is 1. The highest BCUT2D eigenvalue weighted by Crippen LogP contribution is 2.25. The molecule has 0 saturated carbocycles. The van der Waals surface area contributed by atoms with Crippen LogP contribution in [0.5, 0.6) is 0 Å². The van der Waals surface area contributed by atoms with Crippen molar-refractivity contribution in [2.45, 2.75) is 6.10 Å². The van der Waals surface area contributed by atoms with Crippen LogP contribution in [0, 0.1) is 0 Å². The van der Waals surface area contributed by atoms with Crippen molar-refractivity contribution >= 4 is 12.2 Å². The molecule has 0 bridgehead atoms. The van der Waals surface area contributed by atoms with Gasteiger partial charge in [-0.15, -0.1) is 0 Å². The molecule has 0 spiro atoms. The maximum atomic E-state index is 11.7. The normalized spacial score (nSPS) is 18.1. The molecule has 1 heterocycles. The fraction of sp³-hybridized carbons (Fsp3) is 0.385. The summed E-state index contributed by atoms with van der Waals surface area (Å²) in [6.45, 7) is 1.23. The van der Waals surface area contributed by atoms with Crippen molar-refractivity contribution in [2.75, 3.05) is 26.7 Å². The van der Waals surface area contributed by atoms with E-state index in [0.29, 0.717) is 19.6 Å². The molecular formula is C13H16N2O4. The molecule has 0 aromatic heterocycles. The van der Waals surface area contributed by atoms with Crippen molar-refractivity contribution in [3.05, 3.63) is 35.9 Å². The summed E-state index contributed by atoms with van der Waals surface area (Å²) in [5.41, 5.74) is 0.972. The number of alkyl carbamates (subject to hydrolysis) is 1. The van der Waals surface area contributed by atoms with Gasteiger partial charge in [-0.05, 0) is 5.56 Å². The number of methoxy groups -OCH3 is 1. The van der Waals surface area contributed by atoms with Crippen LogP contribution in [0.25, 0.3) is 0 Å². The van der Waals surface area contributed by atoms with Gasteiger partial charge in [0.25, 0.3) is 0 Å². The van der Waals surface area contributed by atoms with Crippen molar-refractivity contribution in [1.82, 2.24) is 10.2 Å². The van der Waals surface area contributed by atoms with Gasteiger partial charge in [-0.1, -0.05) is 30.3 Å². The number of rotatable bonds is 4. The molecule has 1 aliphatic rings. The molecule has 19 heavy (non-hydrogen) atoms. The van der Waals surface area contributed by atoms with E-state index >= 15 is 0 Å². The average molecular weight is 264 g/mol.